The van der Waals surface area contributed by atoms with Crippen LogP contribution >= 0.6 is 0 Å². The Hall–Kier alpha value is -7.30. The molecular formula is C51H32N2O2. The van der Waals surface area contributed by atoms with Crippen molar-refractivity contribution in [3.63, 3.8) is 0 Å². The lowest BCUT2D eigenvalue weighted by Gasteiger charge is -2.34. The van der Waals surface area contributed by atoms with Crippen LogP contribution in [0.5, 0.6) is 0 Å². The highest BCUT2D eigenvalue weighted by molar-refractivity contribution is 5.89. The summed E-state index contributed by atoms with van der Waals surface area (Å²) in [6, 6.07) is 46.9. The van der Waals surface area contributed by atoms with Crippen LogP contribution in [0.3, 0.4) is 0 Å². The summed E-state index contributed by atoms with van der Waals surface area (Å²) in [4.78, 5) is 9.10. The lowest BCUT2D eigenvalue weighted by atomic mass is 9.67. The van der Waals surface area contributed by atoms with Gasteiger partial charge in [-0.1, -0.05) is 139 Å². The van der Waals surface area contributed by atoms with Crippen molar-refractivity contribution < 1.29 is 19.8 Å². The molecule has 258 valence electrons. The Labute approximate surface area is 329 Å². The normalized spacial score (nSPS) is 14.9. The van der Waals surface area contributed by atoms with Gasteiger partial charge in [0, 0.05) is 11.1 Å². The first kappa shape index (κ1) is 24.1. The van der Waals surface area contributed by atoms with Crippen molar-refractivity contribution in [1.29, 1.82) is 0 Å². The van der Waals surface area contributed by atoms with E-state index in [1.165, 1.54) is 16.7 Å². The molecule has 0 bridgehead atoms. The Morgan fingerprint density at radius 2 is 0.891 bits per heavy atom. The lowest BCUT2D eigenvalue weighted by molar-refractivity contribution is 0.617. The molecule has 0 N–H and O–H groups in total. The zero-order valence-electron chi connectivity index (χ0n) is 37.1. The van der Waals surface area contributed by atoms with E-state index in [4.69, 9.17) is 19.8 Å². The van der Waals surface area contributed by atoms with Gasteiger partial charge < -0.3 is 8.83 Å². The van der Waals surface area contributed by atoms with Crippen molar-refractivity contribution in [3.05, 3.63) is 216 Å². The van der Waals surface area contributed by atoms with Crippen LogP contribution < -0.4 is 0 Å². The molecule has 4 heteroatoms. The molecule has 0 atom stereocenters. The largest absolute Gasteiger partial charge is 0.436 e. The van der Waals surface area contributed by atoms with Crippen LogP contribution in [0.1, 0.15) is 33.2 Å². The summed E-state index contributed by atoms with van der Waals surface area (Å²) in [6.45, 7) is 0. The van der Waals surface area contributed by atoms with Crippen LogP contribution in [0, 0.1) is 0 Å². The van der Waals surface area contributed by atoms with Crippen LogP contribution in [-0.2, 0) is 5.41 Å². The van der Waals surface area contributed by atoms with Crippen LogP contribution in [0.25, 0.3) is 78.5 Å². The van der Waals surface area contributed by atoms with Gasteiger partial charge in [-0.25, -0.2) is 9.97 Å². The summed E-state index contributed by atoms with van der Waals surface area (Å²) in [5, 5.41) is 0. The predicted molar refractivity (Wildman–Crippen MR) is 221 cm³/mol. The fraction of sp³-hybridized carbons (Fsp3) is 0.0196. The van der Waals surface area contributed by atoms with Gasteiger partial charge in [0.15, 0.2) is 11.2 Å². The van der Waals surface area contributed by atoms with E-state index in [0.29, 0.717) is 16.7 Å². The molecule has 0 fully saturated rings. The van der Waals surface area contributed by atoms with Crippen LogP contribution in [-0.4, -0.2) is 9.97 Å². The zero-order chi connectivity index (χ0) is 43.3. The monoisotopic (exact) mass is 712 g/mol. The Balaban J connectivity index is 1.10. The summed E-state index contributed by atoms with van der Waals surface area (Å²) in [5.41, 5.74) is 10.5. The van der Waals surface area contributed by atoms with Crippen LogP contribution in [0.4, 0.5) is 0 Å². The molecule has 11 rings (SSSR count). The number of para-hydroxylation sites is 4. The van der Waals surface area contributed by atoms with Crippen molar-refractivity contribution >= 4 is 22.2 Å². The van der Waals surface area contributed by atoms with Gasteiger partial charge in [0.25, 0.3) is 0 Å². The number of rotatable bonds is 6. The summed E-state index contributed by atoms with van der Waals surface area (Å²) >= 11 is 0. The predicted octanol–water partition coefficient (Wildman–Crippen LogP) is 13.0. The molecule has 1 aliphatic carbocycles. The van der Waals surface area contributed by atoms with E-state index in [1.807, 2.05) is 36.4 Å². The number of fused-ring (bicyclic) bond motifs is 5. The van der Waals surface area contributed by atoms with E-state index in [0.717, 1.165) is 33.4 Å². The SMILES string of the molecule is [2H]c1c([2H])c([2H])c2oc(-c3cc(-c4cccc(-c5ccc6c(c5)C(c5ccccc5)(c5ccccc5)c5ccccc5-6)c4)cc(-c4nc5c([2H])c([2H])c([2H])c([2H])c5o4)c3)nc2c1[2H]. The Morgan fingerprint density at radius 1 is 0.400 bits per heavy atom. The second-order valence-corrected chi connectivity index (χ2v) is 13.6. The number of nitrogens with zero attached hydrogens (tertiary/aromatic N) is 2. The van der Waals surface area contributed by atoms with Crippen LogP contribution in [0.2, 0.25) is 0 Å². The summed E-state index contributed by atoms with van der Waals surface area (Å²) in [7, 11) is 0. The molecule has 2 aromatic heterocycles. The Bertz CT molecular complexity index is 3270. The van der Waals surface area contributed by atoms with Gasteiger partial charge in [-0.05, 0) is 110 Å². The van der Waals surface area contributed by atoms with Crippen LogP contribution in [0.15, 0.2) is 203 Å². The average Bonchev–Trinajstić information content (AvgIpc) is 4.06. The Morgan fingerprint density at radius 3 is 1.53 bits per heavy atom. The smallest absolute Gasteiger partial charge is 0.227 e. The lowest BCUT2D eigenvalue weighted by Crippen LogP contribution is -2.28. The van der Waals surface area contributed by atoms with Crippen molar-refractivity contribution in [2.24, 2.45) is 0 Å². The third-order valence-electron chi connectivity index (χ3n) is 10.5. The second kappa shape index (κ2) is 12.4. The van der Waals surface area contributed by atoms with E-state index < -0.39 is 29.6 Å². The molecule has 0 amide bonds. The first-order valence-electron chi connectivity index (χ1n) is 21.9. The summed E-state index contributed by atoms with van der Waals surface area (Å²) < 4.78 is 79.0. The van der Waals surface area contributed by atoms with Gasteiger partial charge in [0.2, 0.25) is 11.8 Å². The average molecular weight is 713 g/mol. The third-order valence-corrected chi connectivity index (χ3v) is 10.5. The number of benzene rings is 8. The summed E-state index contributed by atoms with van der Waals surface area (Å²) in [5.74, 6) is 0.0703. The highest BCUT2D eigenvalue weighted by Gasteiger charge is 2.46. The maximum atomic E-state index is 8.50. The molecule has 0 saturated heterocycles. The molecule has 0 radical (unpaired) electrons. The van der Waals surface area contributed by atoms with Gasteiger partial charge in [-0.2, -0.15) is 0 Å². The van der Waals surface area contributed by atoms with Crippen molar-refractivity contribution in [1.82, 2.24) is 9.97 Å². The molecule has 0 aliphatic heterocycles. The van der Waals surface area contributed by atoms with Crippen molar-refractivity contribution in [2.45, 2.75) is 5.41 Å². The standard InChI is InChI=1S/C51H32N2O2/c1-3-16-39(17-4-1)51(40-18-5-2-6-19-40)43-21-8-7-20-41(43)42-27-26-35(32-44(42)51)33-14-13-15-34(28-33)36-29-37(49-52-45-22-9-11-24-47(45)54-49)31-38(30-36)50-53-46-23-10-12-25-48(46)55-50/h1-32H/i9D,10D,11D,12D,22D,23D,24D,25D. The molecule has 0 saturated carbocycles. The molecule has 2 heterocycles. The maximum Gasteiger partial charge on any atom is 0.227 e. The molecule has 4 nitrogen and oxygen atoms in total. The first-order valence-corrected chi connectivity index (χ1v) is 17.9. The zero-order valence-corrected chi connectivity index (χ0v) is 29.1. The Kier molecular flexibility index (Phi) is 5.43. The highest BCUT2D eigenvalue weighted by Crippen LogP contribution is 2.56. The minimum Gasteiger partial charge on any atom is -0.436 e. The number of oxazole rings is 2. The molecule has 55 heavy (non-hydrogen) atoms. The number of hydrogen-bond donors (Lipinski definition) is 0. The molecule has 8 aromatic carbocycles. The molecule has 0 spiro atoms. The molecule has 10 aromatic rings. The van der Waals surface area contributed by atoms with Crippen molar-refractivity contribution in [2.75, 3.05) is 0 Å². The minimum absolute atomic E-state index is 0.0173. The van der Waals surface area contributed by atoms with E-state index in [9.17, 15) is 0 Å². The fourth-order valence-electron chi connectivity index (χ4n) is 8.13. The van der Waals surface area contributed by atoms with Gasteiger partial charge in [-0.3, -0.25) is 0 Å². The molecule has 1 aliphatic rings. The first-order chi connectivity index (χ1) is 30.5. The maximum absolute atomic E-state index is 8.50. The van der Waals surface area contributed by atoms with E-state index in [2.05, 4.69) is 113 Å². The minimum atomic E-state index is -0.580. The van der Waals surface area contributed by atoms with Gasteiger partial charge in [-0.15, -0.1) is 0 Å². The highest BCUT2D eigenvalue weighted by atomic mass is 16.4. The molecule has 0 unspecified atom stereocenters. The van der Waals surface area contributed by atoms with E-state index >= 15 is 0 Å². The van der Waals surface area contributed by atoms with Gasteiger partial charge in [0.1, 0.15) is 11.0 Å². The van der Waals surface area contributed by atoms with E-state index in [-0.39, 0.29) is 58.2 Å². The quantitative estimate of drug-likeness (QED) is 0.172. The summed E-state index contributed by atoms with van der Waals surface area (Å²) in [6.07, 6.45) is 0. The second-order valence-electron chi connectivity index (χ2n) is 13.6. The van der Waals surface area contributed by atoms with Gasteiger partial charge >= 0.3 is 0 Å². The topological polar surface area (TPSA) is 52.1 Å². The molecular weight excluding hydrogens is 673 g/mol. The van der Waals surface area contributed by atoms with Gasteiger partial charge in [0.05, 0.1) is 16.4 Å². The number of hydrogen-bond acceptors (Lipinski definition) is 4. The fourth-order valence-corrected chi connectivity index (χ4v) is 8.13. The number of aromatic nitrogens is 2. The van der Waals surface area contributed by atoms with Crippen molar-refractivity contribution in [3.8, 4) is 56.3 Å². The van der Waals surface area contributed by atoms with E-state index in [1.54, 1.807) is 6.07 Å². The third kappa shape index (κ3) is 4.99.